The molecule has 2 unspecified atom stereocenters. The zero-order chi connectivity index (χ0) is 49.4. The molecule has 0 saturated carbocycles. The molecule has 1 aliphatic heterocycles. The van der Waals surface area contributed by atoms with Gasteiger partial charge in [-0.2, -0.15) is 0 Å². The van der Waals surface area contributed by atoms with Crippen LogP contribution in [0.25, 0.3) is 111 Å². The SMILES string of the molecule is C1=CC2c3cc(-c4ccc5c6ccccc6n(-c6cc(-c7cccc(-c8nc(-c9ccccc9)nc(-c9ccccc9)n8)c7)ccc6-n6c7ccccc7c7ccccc76)c5c4)ccc3N(c3ccccc3)C2C=C1. The van der Waals surface area contributed by atoms with Gasteiger partial charge in [-0.3, -0.25) is 0 Å². The van der Waals surface area contributed by atoms with Crippen LogP contribution < -0.4 is 4.90 Å². The molecule has 0 spiro atoms. The molecule has 4 heterocycles. The monoisotopic (exact) mass is 958 g/mol. The van der Waals surface area contributed by atoms with E-state index < -0.39 is 0 Å². The Morgan fingerprint density at radius 1 is 0.293 bits per heavy atom. The fourth-order valence-electron chi connectivity index (χ4n) is 11.8. The van der Waals surface area contributed by atoms with Crippen LogP contribution in [-0.4, -0.2) is 30.1 Å². The van der Waals surface area contributed by atoms with Crippen LogP contribution in [0, 0.1) is 0 Å². The number of hydrogen-bond donors (Lipinski definition) is 0. The van der Waals surface area contributed by atoms with E-state index in [1.165, 1.54) is 49.6 Å². The van der Waals surface area contributed by atoms with Crippen LogP contribution in [0.4, 0.5) is 11.4 Å². The summed E-state index contributed by atoms with van der Waals surface area (Å²) in [5.74, 6) is 2.13. The van der Waals surface area contributed by atoms with Gasteiger partial charge in [-0.1, -0.05) is 200 Å². The average Bonchev–Trinajstić information content (AvgIpc) is 4.17. The smallest absolute Gasteiger partial charge is 0.164 e. The van der Waals surface area contributed by atoms with Crippen molar-refractivity contribution in [1.82, 2.24) is 24.1 Å². The highest BCUT2D eigenvalue weighted by Crippen LogP contribution is 2.49. The van der Waals surface area contributed by atoms with Crippen molar-refractivity contribution >= 4 is 55.0 Å². The highest BCUT2D eigenvalue weighted by molar-refractivity contribution is 6.12. The van der Waals surface area contributed by atoms with Crippen LogP contribution in [0.5, 0.6) is 0 Å². The average molecular weight is 959 g/mol. The first-order valence-electron chi connectivity index (χ1n) is 25.7. The van der Waals surface area contributed by atoms with Gasteiger partial charge >= 0.3 is 0 Å². The third-order valence-electron chi connectivity index (χ3n) is 15.3. The van der Waals surface area contributed by atoms with Crippen molar-refractivity contribution in [1.29, 1.82) is 0 Å². The Hall–Kier alpha value is -9.91. The summed E-state index contributed by atoms with van der Waals surface area (Å²) in [6, 6.07) is 87.4. The van der Waals surface area contributed by atoms with Crippen LogP contribution in [0.2, 0.25) is 0 Å². The highest BCUT2D eigenvalue weighted by atomic mass is 15.2. The fraction of sp³-hybridized carbons (Fsp3) is 0.0290. The second kappa shape index (κ2) is 17.4. The molecule has 0 saturated heterocycles. The summed E-state index contributed by atoms with van der Waals surface area (Å²) < 4.78 is 4.95. The van der Waals surface area contributed by atoms with E-state index >= 15 is 0 Å². The van der Waals surface area contributed by atoms with E-state index in [0.717, 1.165) is 61.3 Å². The maximum atomic E-state index is 5.12. The van der Waals surface area contributed by atoms with Gasteiger partial charge in [-0.05, 0) is 94.5 Å². The number of nitrogens with zero attached hydrogens (tertiary/aromatic N) is 6. The van der Waals surface area contributed by atoms with Gasteiger partial charge in [0, 0.05) is 55.5 Å². The highest BCUT2D eigenvalue weighted by Gasteiger charge is 2.37. The molecule has 0 radical (unpaired) electrons. The van der Waals surface area contributed by atoms with E-state index in [-0.39, 0.29) is 12.0 Å². The summed E-state index contributed by atoms with van der Waals surface area (Å²) in [6.45, 7) is 0. The van der Waals surface area contributed by atoms with Gasteiger partial charge < -0.3 is 14.0 Å². The van der Waals surface area contributed by atoms with Crippen molar-refractivity contribution in [2.75, 3.05) is 4.90 Å². The lowest BCUT2D eigenvalue weighted by Crippen LogP contribution is -2.28. The van der Waals surface area contributed by atoms with E-state index in [2.05, 4.69) is 220 Å². The van der Waals surface area contributed by atoms with Crippen molar-refractivity contribution in [2.24, 2.45) is 0 Å². The van der Waals surface area contributed by atoms with Gasteiger partial charge in [0.1, 0.15) is 0 Å². The first kappa shape index (κ1) is 42.7. The molecule has 15 rings (SSSR count). The minimum Gasteiger partial charge on any atom is -0.333 e. The quantitative estimate of drug-likeness (QED) is 0.152. The molecule has 0 N–H and O–H groups in total. The Morgan fingerprint density at radius 3 is 1.39 bits per heavy atom. The van der Waals surface area contributed by atoms with E-state index in [1.807, 2.05) is 60.7 Å². The molecule has 10 aromatic carbocycles. The Labute approximate surface area is 434 Å². The zero-order valence-electron chi connectivity index (χ0n) is 40.7. The summed E-state index contributed by atoms with van der Waals surface area (Å²) in [5.41, 5.74) is 17.8. The Bertz CT molecular complexity index is 4320. The Balaban J connectivity index is 0.936. The van der Waals surface area contributed by atoms with Gasteiger partial charge in [0.2, 0.25) is 0 Å². The van der Waals surface area contributed by atoms with Gasteiger partial charge in [-0.25, -0.2) is 15.0 Å². The standard InChI is InChI=1S/C69H46N6/c1-4-19-45(20-5-1)67-70-68(46-21-6-2-7-22-46)72-69(71-67)51-24-18-23-47(41-51)50-37-40-64(74-60-32-15-10-27-53(60)54-28-11-16-33-61(54)74)66(44-50)75-62-34-17-12-29-55(62)57-38-35-49(43-65(57)75)48-36-39-63-58(42-48)56-30-13-14-31-59(56)73(63)52-25-8-3-9-26-52/h1-44,56,59H. The number of hydrogen-bond acceptors (Lipinski definition) is 4. The molecule has 0 bridgehead atoms. The maximum Gasteiger partial charge on any atom is 0.164 e. The molecule has 0 amide bonds. The molecule has 352 valence electrons. The van der Waals surface area contributed by atoms with Crippen LogP contribution in [0.15, 0.2) is 267 Å². The molecule has 2 atom stereocenters. The summed E-state index contributed by atoms with van der Waals surface area (Å²) >= 11 is 0. The predicted molar refractivity (Wildman–Crippen MR) is 309 cm³/mol. The van der Waals surface area contributed by atoms with Crippen molar-refractivity contribution in [2.45, 2.75) is 12.0 Å². The van der Waals surface area contributed by atoms with Gasteiger partial charge in [-0.15, -0.1) is 0 Å². The lowest BCUT2D eigenvalue weighted by atomic mass is 9.89. The third kappa shape index (κ3) is 7.06. The lowest BCUT2D eigenvalue weighted by molar-refractivity contribution is 0.745. The van der Waals surface area contributed by atoms with Crippen molar-refractivity contribution in [3.63, 3.8) is 0 Å². The second-order valence-corrected chi connectivity index (χ2v) is 19.5. The number of rotatable bonds is 8. The maximum absolute atomic E-state index is 5.12. The van der Waals surface area contributed by atoms with Crippen LogP contribution >= 0.6 is 0 Å². The molecule has 0 fully saturated rings. The Morgan fingerprint density at radius 2 is 0.747 bits per heavy atom. The summed E-state index contributed by atoms with van der Waals surface area (Å²) in [6.07, 6.45) is 9.10. The number of para-hydroxylation sites is 4. The van der Waals surface area contributed by atoms with Crippen LogP contribution in [-0.2, 0) is 0 Å². The lowest BCUT2D eigenvalue weighted by Gasteiger charge is -2.28. The number of anilines is 2. The first-order chi connectivity index (χ1) is 37.2. The number of aromatic nitrogens is 5. The molecule has 6 heteroatoms. The van der Waals surface area contributed by atoms with E-state index in [0.29, 0.717) is 17.5 Å². The molecule has 75 heavy (non-hydrogen) atoms. The molecule has 2 aliphatic rings. The topological polar surface area (TPSA) is 51.8 Å². The van der Waals surface area contributed by atoms with Crippen molar-refractivity contribution < 1.29 is 0 Å². The largest absolute Gasteiger partial charge is 0.333 e. The Kier molecular flexibility index (Phi) is 9.91. The van der Waals surface area contributed by atoms with Crippen LogP contribution in [0.1, 0.15) is 11.5 Å². The molecule has 6 nitrogen and oxygen atoms in total. The molecule has 1 aliphatic carbocycles. The molecular weight excluding hydrogens is 913 g/mol. The van der Waals surface area contributed by atoms with E-state index in [9.17, 15) is 0 Å². The number of benzene rings is 10. The molecule has 3 aromatic heterocycles. The normalized spacial score (nSPS) is 14.8. The van der Waals surface area contributed by atoms with Crippen molar-refractivity contribution in [3.8, 4) is 67.8 Å². The third-order valence-corrected chi connectivity index (χ3v) is 15.3. The minimum absolute atomic E-state index is 0.218. The van der Waals surface area contributed by atoms with Gasteiger partial charge in [0.25, 0.3) is 0 Å². The van der Waals surface area contributed by atoms with Gasteiger partial charge in [0.05, 0.1) is 39.5 Å². The zero-order valence-corrected chi connectivity index (χ0v) is 40.7. The number of fused-ring (bicyclic) bond motifs is 9. The van der Waals surface area contributed by atoms with Crippen LogP contribution in [0.3, 0.4) is 0 Å². The molecule has 13 aromatic rings. The number of allylic oxidation sites excluding steroid dienone is 2. The van der Waals surface area contributed by atoms with E-state index in [1.54, 1.807) is 0 Å². The summed E-state index contributed by atoms with van der Waals surface area (Å²) in [7, 11) is 0. The predicted octanol–water partition coefficient (Wildman–Crippen LogP) is 17.1. The van der Waals surface area contributed by atoms with Crippen molar-refractivity contribution in [3.05, 3.63) is 273 Å². The minimum atomic E-state index is 0.218. The summed E-state index contributed by atoms with van der Waals surface area (Å²) in [5, 5.41) is 4.84. The van der Waals surface area contributed by atoms with E-state index in [4.69, 9.17) is 15.0 Å². The second-order valence-electron chi connectivity index (χ2n) is 19.5. The fourth-order valence-corrected chi connectivity index (χ4v) is 11.8. The summed E-state index contributed by atoms with van der Waals surface area (Å²) in [4.78, 5) is 17.7. The first-order valence-corrected chi connectivity index (χ1v) is 25.7. The van der Waals surface area contributed by atoms with Gasteiger partial charge in [0.15, 0.2) is 17.5 Å². The molecular formula is C69H46N6.